The zero-order valence-corrected chi connectivity index (χ0v) is 64.4. The van der Waals surface area contributed by atoms with E-state index in [0.717, 1.165) is 162 Å². The molecule has 22 heteroatoms. The van der Waals surface area contributed by atoms with Crippen LogP contribution < -0.4 is 14.7 Å². The molecule has 9 aromatic carbocycles. The van der Waals surface area contributed by atoms with Gasteiger partial charge in [-0.3, -0.25) is 19.5 Å². The Hall–Kier alpha value is -12.0. The number of carbonyl (C=O) groups excluding carboxylic acids is 1. The number of nitrogens with zero attached hydrogens (tertiary/aromatic N) is 19. The van der Waals surface area contributed by atoms with Gasteiger partial charge >= 0.3 is 0 Å². The summed E-state index contributed by atoms with van der Waals surface area (Å²) in [5.41, 5.74) is 15.1. The summed E-state index contributed by atoms with van der Waals surface area (Å²) in [6.45, 7) is 18.2. The van der Waals surface area contributed by atoms with Crippen molar-refractivity contribution in [2.24, 2.45) is 0 Å². The molecule has 0 aliphatic carbocycles. The Balaban J connectivity index is 0.000000128. The first kappa shape index (κ1) is 74.1. The van der Waals surface area contributed by atoms with Crippen molar-refractivity contribution in [1.29, 1.82) is 0 Å². The highest BCUT2D eigenvalue weighted by molar-refractivity contribution is 6.30. The summed E-state index contributed by atoms with van der Waals surface area (Å²) in [6.07, 6.45) is 10.6. The third kappa shape index (κ3) is 16.0. The van der Waals surface area contributed by atoms with Gasteiger partial charge in [0.05, 0.1) is 69.9 Å². The van der Waals surface area contributed by atoms with E-state index >= 15 is 0 Å². The van der Waals surface area contributed by atoms with Gasteiger partial charge in [0.25, 0.3) is 5.91 Å². The van der Waals surface area contributed by atoms with E-state index in [4.69, 9.17) is 23.2 Å². The fourth-order valence-corrected chi connectivity index (χ4v) is 16.1. The Bertz CT molecular complexity index is 5530. The van der Waals surface area contributed by atoms with Crippen molar-refractivity contribution in [3.8, 4) is 17.1 Å². The number of hydrogen-bond acceptors (Lipinski definition) is 16. The van der Waals surface area contributed by atoms with Crippen LogP contribution in [-0.2, 0) is 0 Å². The number of anilines is 3. The summed E-state index contributed by atoms with van der Waals surface area (Å²) < 4.78 is 5.63. The van der Waals surface area contributed by atoms with Crippen LogP contribution in [0.3, 0.4) is 0 Å². The van der Waals surface area contributed by atoms with E-state index in [2.05, 4.69) is 203 Å². The molecule has 18 rings (SSSR count). The van der Waals surface area contributed by atoms with Crippen LogP contribution in [0.4, 0.5) is 17.5 Å². The van der Waals surface area contributed by atoms with Crippen LogP contribution in [0.15, 0.2) is 286 Å². The summed E-state index contributed by atoms with van der Waals surface area (Å²) in [4.78, 5) is 57.1. The molecule has 15 aromatic rings. The largest absolute Gasteiger partial charge is 0.353 e. The number of para-hydroxylation sites is 3. The molecule has 2 unspecified atom stereocenters. The minimum Gasteiger partial charge on any atom is -0.353 e. The molecule has 3 aliphatic rings. The number of benzene rings is 9. The Kier molecular flexibility index (Phi) is 22.8. The Morgan fingerprint density at radius 2 is 0.643 bits per heavy atom. The second kappa shape index (κ2) is 34.5. The Morgan fingerprint density at radius 3 is 0.982 bits per heavy atom. The normalized spacial score (nSPS) is 14.9. The summed E-state index contributed by atoms with van der Waals surface area (Å²) >= 11 is 12.4. The number of aryl methyl sites for hydroxylation is 1. The van der Waals surface area contributed by atoms with E-state index in [1.165, 1.54) is 38.9 Å². The van der Waals surface area contributed by atoms with Crippen molar-refractivity contribution >= 4 is 79.7 Å². The second-order valence-electron chi connectivity index (χ2n) is 28.1. The monoisotopic (exact) mass is 1520 g/mol. The molecule has 112 heavy (non-hydrogen) atoms. The van der Waals surface area contributed by atoms with Gasteiger partial charge in [-0.05, 0) is 133 Å². The summed E-state index contributed by atoms with van der Waals surface area (Å²) in [7, 11) is 0. The number of piperazine rings is 3. The lowest BCUT2D eigenvalue weighted by Gasteiger charge is -2.40. The molecule has 0 bridgehead atoms. The first-order valence-electron chi connectivity index (χ1n) is 38.4. The van der Waals surface area contributed by atoms with Crippen LogP contribution in [0.2, 0.25) is 10.0 Å². The summed E-state index contributed by atoms with van der Waals surface area (Å²) in [5.74, 6) is 2.89. The fourth-order valence-electron chi connectivity index (χ4n) is 15.9. The van der Waals surface area contributed by atoms with Gasteiger partial charge in [0.2, 0.25) is 0 Å². The fraction of sp³-hybridized carbons (Fsp3) is 0.222. The third-order valence-electron chi connectivity index (χ3n) is 21.6. The topological polar surface area (TPSA) is 171 Å². The van der Waals surface area contributed by atoms with Crippen LogP contribution in [0.5, 0.6) is 0 Å². The minimum absolute atomic E-state index is 0.0816. The lowest BCUT2D eigenvalue weighted by atomic mass is 9.93. The van der Waals surface area contributed by atoms with Gasteiger partial charge in [-0.15, -0.1) is 0 Å². The number of halogens is 2. The summed E-state index contributed by atoms with van der Waals surface area (Å²) in [5, 5.41) is 18.3. The third-order valence-corrected chi connectivity index (χ3v) is 22.1. The maximum atomic E-state index is 12.9. The molecule has 0 spiro atoms. The molecule has 0 N–H and O–H groups in total. The average Bonchev–Trinajstić information content (AvgIpc) is 1.42. The Labute approximate surface area is 662 Å². The van der Waals surface area contributed by atoms with Gasteiger partial charge < -0.3 is 19.6 Å². The molecule has 20 nitrogen and oxygen atoms in total. The van der Waals surface area contributed by atoms with Gasteiger partial charge in [-0.25, -0.2) is 43.9 Å². The van der Waals surface area contributed by atoms with Crippen LogP contribution in [0.1, 0.15) is 81.3 Å². The second-order valence-corrected chi connectivity index (χ2v) is 29.0. The SMILES string of the molecule is CCN(CC)C(=O)c1ccc(C(c2ccccc2)N2CCN(c3ncnc4c3cnn4-c3ccccc3)CC2)cc1.Cc1ccccc1C(c1ccccc1)N1CCN(c2ncnc3c2cnn3-c2ccccc2)CC1.Clc1ccc(C(c2ccc(Cl)cc2)N2CCN(c3ncnc4c3cnn4-c3ccccc3)CC2)cc1. The van der Waals surface area contributed by atoms with E-state index in [9.17, 15) is 4.79 Å². The summed E-state index contributed by atoms with van der Waals surface area (Å²) in [6, 6.07) is 85.4. The predicted octanol–water partition coefficient (Wildman–Crippen LogP) is 16.3. The predicted molar refractivity (Wildman–Crippen MR) is 448 cm³/mol. The number of amides is 1. The standard InChI is InChI=1S/C33H35N7O.C29H28N6.C28H24Cl2N6/c1-3-37(4-2)33(41)27-17-15-26(16-18-27)30(25-11-7-5-8-12-25)38-19-21-39(22-20-38)31-29-23-36-40(32(29)35-24-34-31)28-13-9-6-10-14-28;1-22-10-8-9-15-25(22)27(23-11-4-2-5-12-23)33-16-18-34(19-17-33)28-26-20-32-35(29(26)31-21-30-28)24-13-6-3-7-14-24;29-22-10-6-20(7-11-22)26(21-8-12-23(30)13-9-21)34-14-16-35(17-15-34)27-25-18-33-36(28(25)32-19-31-27)24-4-2-1-3-5-24/h5-18,23-24,30H,3-4,19-22H2,1-2H3;2-15,20-21,27H,16-19H2,1H3;1-13,18-19,26H,14-17H2. The molecule has 3 fully saturated rings. The zero-order valence-electron chi connectivity index (χ0n) is 62.9. The van der Waals surface area contributed by atoms with Crippen LogP contribution in [-0.4, -0.2) is 176 Å². The Morgan fingerprint density at radius 1 is 0.348 bits per heavy atom. The zero-order chi connectivity index (χ0) is 76.3. The molecule has 9 heterocycles. The molecule has 2 atom stereocenters. The van der Waals surface area contributed by atoms with Gasteiger partial charge in [-0.2, -0.15) is 15.3 Å². The van der Waals surface area contributed by atoms with Crippen molar-refractivity contribution in [1.82, 2.24) is 78.8 Å². The number of aromatic nitrogens is 12. The van der Waals surface area contributed by atoms with Crippen molar-refractivity contribution in [3.63, 3.8) is 0 Å². The average molecular weight is 1520 g/mol. The number of hydrogen-bond donors (Lipinski definition) is 0. The number of fused-ring (bicyclic) bond motifs is 3. The maximum absolute atomic E-state index is 12.9. The van der Waals surface area contributed by atoms with Crippen LogP contribution in [0, 0.1) is 6.92 Å². The van der Waals surface area contributed by atoms with E-state index in [1.807, 2.05) is 179 Å². The smallest absolute Gasteiger partial charge is 0.253 e. The highest BCUT2D eigenvalue weighted by Gasteiger charge is 2.33. The van der Waals surface area contributed by atoms with Gasteiger partial charge in [-0.1, -0.05) is 199 Å². The molecule has 3 aliphatic heterocycles. The van der Waals surface area contributed by atoms with Crippen molar-refractivity contribution < 1.29 is 4.79 Å². The van der Waals surface area contributed by atoms with Crippen LogP contribution >= 0.6 is 23.2 Å². The maximum Gasteiger partial charge on any atom is 0.253 e. The first-order chi connectivity index (χ1) is 55.1. The van der Waals surface area contributed by atoms with Gasteiger partial charge in [0.15, 0.2) is 16.9 Å². The quantitative estimate of drug-likeness (QED) is 0.0794. The molecular formula is C90H87Cl2N19O. The van der Waals surface area contributed by atoms with Crippen LogP contribution in [0.25, 0.3) is 50.2 Å². The van der Waals surface area contributed by atoms with E-state index in [-0.39, 0.29) is 24.0 Å². The minimum atomic E-state index is 0.0816. The lowest BCUT2D eigenvalue weighted by Crippen LogP contribution is -2.48. The molecule has 0 saturated carbocycles. The van der Waals surface area contributed by atoms with Crippen molar-refractivity contribution in [2.45, 2.75) is 38.9 Å². The van der Waals surface area contributed by atoms with Gasteiger partial charge in [0, 0.05) is 107 Å². The molecule has 3 saturated heterocycles. The number of carbonyl (C=O) groups is 1. The molecular weight excluding hydrogens is 1430 g/mol. The molecule has 562 valence electrons. The van der Waals surface area contributed by atoms with E-state index < -0.39 is 0 Å². The lowest BCUT2D eigenvalue weighted by molar-refractivity contribution is 0.0773. The van der Waals surface area contributed by atoms with Crippen molar-refractivity contribution in [2.75, 3.05) is 106 Å². The van der Waals surface area contributed by atoms with Crippen molar-refractivity contribution in [3.05, 3.63) is 341 Å². The highest BCUT2D eigenvalue weighted by atomic mass is 35.5. The molecule has 1 amide bonds. The highest BCUT2D eigenvalue weighted by Crippen LogP contribution is 2.38. The van der Waals surface area contributed by atoms with E-state index in [0.29, 0.717) is 13.1 Å². The number of rotatable bonds is 18. The molecule has 0 radical (unpaired) electrons. The van der Waals surface area contributed by atoms with E-state index in [1.54, 1.807) is 19.0 Å². The van der Waals surface area contributed by atoms with Gasteiger partial charge in [0.1, 0.15) is 36.4 Å². The first-order valence-corrected chi connectivity index (χ1v) is 39.1. The molecule has 6 aromatic heterocycles.